The third-order valence-electron chi connectivity index (χ3n) is 3.85. The average molecular weight is 301 g/mol. The van der Waals surface area contributed by atoms with Gasteiger partial charge in [0.1, 0.15) is 0 Å². The molecule has 0 saturated carbocycles. The van der Waals surface area contributed by atoms with Crippen LogP contribution < -0.4 is 5.73 Å². The van der Waals surface area contributed by atoms with Gasteiger partial charge in [-0.2, -0.15) is 0 Å². The highest BCUT2D eigenvalue weighted by Crippen LogP contribution is 2.44. The van der Waals surface area contributed by atoms with Crippen LogP contribution in [0.25, 0.3) is 6.08 Å². The highest BCUT2D eigenvalue weighted by molar-refractivity contribution is 5.56. The third-order valence-corrected chi connectivity index (χ3v) is 3.85. The molecule has 1 heterocycles. The molecule has 1 saturated heterocycles. The first-order valence-corrected chi connectivity index (χ1v) is 6.98. The molecule has 22 heavy (non-hydrogen) atoms. The number of nitrogens with two attached hydrogens (primary N) is 1. The fraction of sp³-hybridized carbons (Fsp3) is 0.294. The van der Waals surface area contributed by atoms with Crippen LogP contribution in [0.3, 0.4) is 0 Å². The van der Waals surface area contributed by atoms with Crippen LogP contribution in [0.4, 0.5) is 0 Å². The summed E-state index contributed by atoms with van der Waals surface area (Å²) >= 11 is 0. The summed E-state index contributed by atoms with van der Waals surface area (Å²) in [5, 5.41) is 0. The lowest BCUT2D eigenvalue weighted by atomic mass is 9.91. The summed E-state index contributed by atoms with van der Waals surface area (Å²) < 4.78 is 22.0. The van der Waals surface area contributed by atoms with Crippen molar-refractivity contribution in [3.8, 4) is 0 Å². The molecule has 0 bridgehead atoms. The third kappa shape index (κ3) is 2.28. The van der Waals surface area contributed by atoms with E-state index in [0.29, 0.717) is 5.76 Å². The molecule has 1 aliphatic carbocycles. The lowest BCUT2D eigenvalue weighted by Crippen LogP contribution is -2.61. The van der Waals surface area contributed by atoms with E-state index < -0.39 is 11.5 Å². The van der Waals surface area contributed by atoms with Gasteiger partial charge in [-0.25, -0.2) is 0 Å². The molecular weight excluding hydrogens is 282 g/mol. The molecular formula is C17H19NO4. The molecule has 2 N–H and O–H groups in total. The minimum Gasteiger partial charge on any atom is -0.495 e. The van der Waals surface area contributed by atoms with Crippen molar-refractivity contribution in [2.24, 2.45) is 5.73 Å². The van der Waals surface area contributed by atoms with Crippen LogP contribution in [-0.2, 0) is 18.9 Å². The zero-order chi connectivity index (χ0) is 15.6. The fourth-order valence-corrected chi connectivity index (χ4v) is 2.72. The molecule has 2 atom stereocenters. The van der Waals surface area contributed by atoms with E-state index in [2.05, 4.69) is 0 Å². The second-order valence-corrected chi connectivity index (χ2v) is 5.12. The molecule has 116 valence electrons. The Morgan fingerprint density at radius 1 is 1.14 bits per heavy atom. The second kappa shape index (κ2) is 5.70. The quantitative estimate of drug-likeness (QED) is 0.923. The number of benzene rings is 1. The Hall–Kier alpha value is -1.92. The van der Waals surface area contributed by atoms with Gasteiger partial charge in [-0.05, 0) is 23.3 Å². The van der Waals surface area contributed by atoms with Crippen molar-refractivity contribution in [2.45, 2.75) is 11.5 Å². The second-order valence-electron chi connectivity index (χ2n) is 5.12. The summed E-state index contributed by atoms with van der Waals surface area (Å²) in [6.45, 7) is 0.0389. The van der Waals surface area contributed by atoms with Crippen molar-refractivity contribution in [2.75, 3.05) is 21.0 Å². The van der Waals surface area contributed by atoms with Crippen molar-refractivity contribution < 1.29 is 18.9 Å². The van der Waals surface area contributed by atoms with Crippen LogP contribution in [0.5, 0.6) is 0 Å². The van der Waals surface area contributed by atoms with Crippen molar-refractivity contribution >= 4 is 6.08 Å². The Morgan fingerprint density at radius 2 is 1.91 bits per heavy atom. The van der Waals surface area contributed by atoms with E-state index in [9.17, 15) is 0 Å². The van der Waals surface area contributed by atoms with E-state index in [0.717, 1.165) is 11.1 Å². The first kappa shape index (κ1) is 15.0. The van der Waals surface area contributed by atoms with Crippen molar-refractivity contribution in [3.63, 3.8) is 0 Å². The molecule has 0 amide bonds. The zero-order valence-electron chi connectivity index (χ0n) is 12.6. The van der Waals surface area contributed by atoms with E-state index in [4.69, 9.17) is 24.7 Å². The Balaban J connectivity index is 1.95. The topological polar surface area (TPSA) is 62.9 Å². The summed E-state index contributed by atoms with van der Waals surface area (Å²) in [5.74, 6) is -0.767. The van der Waals surface area contributed by atoms with Gasteiger partial charge < -0.3 is 18.9 Å². The minimum atomic E-state index is -1.24. The molecule has 2 aliphatic rings. The summed E-state index contributed by atoms with van der Waals surface area (Å²) in [7, 11) is 3.07. The Labute approximate surface area is 129 Å². The lowest BCUT2D eigenvalue weighted by molar-refractivity contribution is -0.212. The molecule has 0 aromatic heterocycles. The van der Waals surface area contributed by atoms with Gasteiger partial charge in [-0.3, -0.25) is 5.73 Å². The van der Waals surface area contributed by atoms with Gasteiger partial charge in [-0.1, -0.05) is 42.5 Å². The van der Waals surface area contributed by atoms with Crippen molar-refractivity contribution in [1.29, 1.82) is 0 Å². The first-order valence-electron chi connectivity index (χ1n) is 6.98. The molecule has 3 rings (SSSR count). The van der Waals surface area contributed by atoms with Crippen LogP contribution in [0.2, 0.25) is 0 Å². The van der Waals surface area contributed by atoms with Crippen LogP contribution in [0.1, 0.15) is 5.56 Å². The Bertz CT molecular complexity index is 637. The number of rotatable bonds is 4. The smallest absolute Gasteiger partial charge is 0.277 e. The van der Waals surface area contributed by atoms with Gasteiger partial charge in [0.25, 0.3) is 5.79 Å². The Kier molecular flexibility index (Phi) is 3.88. The van der Waals surface area contributed by atoms with Crippen LogP contribution in [-0.4, -0.2) is 32.5 Å². The lowest BCUT2D eigenvalue weighted by Gasteiger charge is -2.39. The predicted octanol–water partition coefficient (Wildman–Crippen LogP) is 2.17. The van der Waals surface area contributed by atoms with E-state index in [1.54, 1.807) is 13.2 Å². The average Bonchev–Trinajstić information content (AvgIpc) is 2.90. The summed E-state index contributed by atoms with van der Waals surface area (Å²) in [6.07, 6.45) is 7.56. The van der Waals surface area contributed by atoms with Crippen LogP contribution in [0.15, 0.2) is 59.9 Å². The maximum absolute atomic E-state index is 6.33. The van der Waals surface area contributed by atoms with Gasteiger partial charge >= 0.3 is 0 Å². The molecule has 2 unspecified atom stereocenters. The highest BCUT2D eigenvalue weighted by Gasteiger charge is 2.61. The number of hydrogen-bond donors (Lipinski definition) is 1. The van der Waals surface area contributed by atoms with Gasteiger partial charge in [-0.15, -0.1) is 0 Å². The molecule has 1 fully saturated rings. The fourth-order valence-electron chi connectivity index (χ4n) is 2.72. The van der Waals surface area contributed by atoms with Crippen LogP contribution in [0, 0.1) is 0 Å². The number of methoxy groups -OCH3 is 2. The van der Waals surface area contributed by atoms with E-state index >= 15 is 0 Å². The predicted molar refractivity (Wildman–Crippen MR) is 82.3 cm³/mol. The number of fused-ring (bicyclic) bond motifs is 1. The van der Waals surface area contributed by atoms with E-state index in [-0.39, 0.29) is 6.79 Å². The standard InChI is InChI=1S/C17H19NO4/c1-19-15-10-14(9-8-13-6-4-3-5-7-13)11-16(18)17(15,20-2)22-12-21-16/h3-11H,12,18H2,1-2H3/b9-8-. The normalized spacial score (nSPS) is 30.9. The maximum atomic E-state index is 6.33. The van der Waals surface area contributed by atoms with Gasteiger partial charge in [0, 0.05) is 7.11 Å². The highest BCUT2D eigenvalue weighted by atomic mass is 16.8. The van der Waals surface area contributed by atoms with Gasteiger partial charge in [0.05, 0.1) is 7.11 Å². The van der Waals surface area contributed by atoms with Gasteiger partial charge in [0.15, 0.2) is 12.6 Å². The summed E-state index contributed by atoms with van der Waals surface area (Å²) in [5.41, 5.74) is 7.06. The van der Waals surface area contributed by atoms with E-state index in [1.807, 2.05) is 48.6 Å². The van der Waals surface area contributed by atoms with E-state index in [1.165, 1.54) is 7.11 Å². The van der Waals surface area contributed by atoms with Crippen LogP contribution >= 0.6 is 0 Å². The zero-order valence-corrected chi connectivity index (χ0v) is 12.6. The number of hydrogen-bond acceptors (Lipinski definition) is 5. The van der Waals surface area contributed by atoms with Crippen molar-refractivity contribution in [1.82, 2.24) is 0 Å². The SMILES string of the molecule is COC1=CC(/C=C\c2ccccc2)=CC2(N)OCOC12OC. The monoisotopic (exact) mass is 301 g/mol. The molecule has 1 aromatic rings. The molecule has 5 heteroatoms. The number of ether oxygens (including phenoxy) is 4. The van der Waals surface area contributed by atoms with Gasteiger partial charge in [0.2, 0.25) is 5.72 Å². The summed E-state index contributed by atoms with van der Waals surface area (Å²) in [6, 6.07) is 9.99. The molecule has 1 aliphatic heterocycles. The summed E-state index contributed by atoms with van der Waals surface area (Å²) in [4.78, 5) is 0. The minimum absolute atomic E-state index is 0.0389. The number of allylic oxidation sites excluding steroid dienone is 3. The largest absolute Gasteiger partial charge is 0.495 e. The molecule has 5 nitrogen and oxygen atoms in total. The first-order chi connectivity index (χ1) is 10.6. The Morgan fingerprint density at radius 3 is 2.59 bits per heavy atom. The van der Waals surface area contributed by atoms with Crippen molar-refractivity contribution in [3.05, 3.63) is 65.5 Å². The molecule has 0 radical (unpaired) electrons. The maximum Gasteiger partial charge on any atom is 0.277 e. The molecule has 0 spiro atoms. The molecule has 1 aromatic carbocycles.